The van der Waals surface area contributed by atoms with Gasteiger partial charge in [-0.1, -0.05) is 17.9 Å². The van der Waals surface area contributed by atoms with E-state index in [1.807, 2.05) is 12.1 Å². The van der Waals surface area contributed by atoms with Gasteiger partial charge in [0.2, 0.25) is 0 Å². The van der Waals surface area contributed by atoms with Crippen LogP contribution in [-0.4, -0.2) is 15.7 Å². The van der Waals surface area contributed by atoms with Crippen molar-refractivity contribution >= 4 is 0 Å². The van der Waals surface area contributed by atoms with Gasteiger partial charge in [-0.25, -0.2) is 0 Å². The molecule has 0 aromatic carbocycles. The van der Waals surface area contributed by atoms with Crippen molar-refractivity contribution in [1.82, 2.24) is 4.98 Å². The van der Waals surface area contributed by atoms with Gasteiger partial charge >= 0.3 is 0 Å². The Hall–Kier alpha value is -1.33. The molecule has 0 spiro atoms. The largest absolute Gasteiger partial charge is 0.378 e. The van der Waals surface area contributed by atoms with E-state index in [1.54, 1.807) is 26.2 Å². The Labute approximate surface area is 78.6 Å². The maximum Gasteiger partial charge on any atom is 0.119 e. The van der Waals surface area contributed by atoms with Gasteiger partial charge in [-0.3, -0.25) is 4.98 Å². The lowest BCUT2D eigenvalue weighted by molar-refractivity contribution is 0.143. The minimum absolute atomic E-state index is 0.637. The van der Waals surface area contributed by atoms with Crippen LogP contribution in [0.2, 0.25) is 0 Å². The van der Waals surface area contributed by atoms with Gasteiger partial charge in [-0.15, -0.1) is 0 Å². The Kier molecular flexibility index (Phi) is 3.05. The number of hydrogen-bond acceptors (Lipinski definition) is 2. The molecule has 0 amide bonds. The van der Waals surface area contributed by atoms with Gasteiger partial charge in [0.25, 0.3) is 0 Å². The average Bonchev–Trinajstić information content (AvgIpc) is 2.04. The van der Waals surface area contributed by atoms with E-state index in [-0.39, 0.29) is 0 Å². The van der Waals surface area contributed by atoms with Crippen molar-refractivity contribution in [1.29, 1.82) is 0 Å². The van der Waals surface area contributed by atoms with Gasteiger partial charge in [-0.05, 0) is 25.5 Å². The van der Waals surface area contributed by atoms with E-state index < -0.39 is 5.60 Å². The summed E-state index contributed by atoms with van der Waals surface area (Å²) in [6, 6.07) is 3.84. The number of pyridine rings is 1. The highest BCUT2D eigenvalue weighted by molar-refractivity contribution is 5.19. The van der Waals surface area contributed by atoms with Gasteiger partial charge in [-0.2, -0.15) is 0 Å². The van der Waals surface area contributed by atoms with E-state index in [2.05, 4.69) is 16.8 Å². The molecule has 0 atom stereocenters. The third kappa shape index (κ3) is 4.29. The third-order valence-electron chi connectivity index (χ3n) is 1.41. The molecule has 1 aromatic heterocycles. The standard InChI is InChI=1S/C11H13NO/c1-11(2,13)7-3-5-10-6-4-8-12-9-10/h4,6,8-9,13H,5H2,1-2H3. The quantitative estimate of drug-likeness (QED) is 0.654. The fourth-order valence-corrected chi connectivity index (χ4v) is 0.865. The van der Waals surface area contributed by atoms with E-state index in [0.29, 0.717) is 6.42 Å². The van der Waals surface area contributed by atoms with Crippen LogP contribution in [0.4, 0.5) is 0 Å². The molecule has 13 heavy (non-hydrogen) atoms. The van der Waals surface area contributed by atoms with Crippen molar-refractivity contribution < 1.29 is 5.11 Å². The lowest BCUT2D eigenvalue weighted by Crippen LogP contribution is -2.14. The number of nitrogens with zero attached hydrogens (tertiary/aromatic N) is 1. The van der Waals surface area contributed by atoms with Crippen LogP contribution in [0.1, 0.15) is 19.4 Å². The fourth-order valence-electron chi connectivity index (χ4n) is 0.865. The molecule has 0 saturated heterocycles. The monoisotopic (exact) mass is 175 g/mol. The Balaban J connectivity index is 2.56. The Morgan fingerprint density at radius 3 is 2.85 bits per heavy atom. The summed E-state index contributed by atoms with van der Waals surface area (Å²) in [4.78, 5) is 3.97. The number of rotatable bonds is 1. The highest BCUT2D eigenvalue weighted by Crippen LogP contribution is 1.99. The van der Waals surface area contributed by atoms with Crippen LogP contribution in [0.3, 0.4) is 0 Å². The SMILES string of the molecule is CC(C)(O)C#CCc1cccnc1. The molecule has 1 N–H and O–H groups in total. The summed E-state index contributed by atoms with van der Waals surface area (Å²) in [5, 5.41) is 9.31. The van der Waals surface area contributed by atoms with Crippen molar-refractivity contribution in [2.24, 2.45) is 0 Å². The summed E-state index contributed by atoms with van der Waals surface area (Å²) >= 11 is 0. The van der Waals surface area contributed by atoms with Gasteiger partial charge in [0.05, 0.1) is 0 Å². The summed E-state index contributed by atoms with van der Waals surface area (Å²) in [6.45, 7) is 3.34. The highest BCUT2D eigenvalue weighted by Gasteiger charge is 2.04. The van der Waals surface area contributed by atoms with Crippen LogP contribution in [0.25, 0.3) is 0 Å². The first kappa shape index (κ1) is 9.76. The van der Waals surface area contributed by atoms with Gasteiger partial charge in [0, 0.05) is 18.8 Å². The topological polar surface area (TPSA) is 33.1 Å². The molecule has 2 nitrogen and oxygen atoms in total. The van der Waals surface area contributed by atoms with Crippen LogP contribution >= 0.6 is 0 Å². The summed E-state index contributed by atoms with van der Waals surface area (Å²) in [5.74, 6) is 5.65. The zero-order valence-corrected chi connectivity index (χ0v) is 7.91. The predicted molar refractivity (Wildman–Crippen MR) is 52.0 cm³/mol. The van der Waals surface area contributed by atoms with Crippen molar-refractivity contribution in [3.63, 3.8) is 0 Å². The van der Waals surface area contributed by atoms with E-state index in [9.17, 15) is 5.11 Å². The molecule has 68 valence electrons. The summed E-state index contributed by atoms with van der Waals surface area (Å²) in [5.41, 5.74) is 0.168. The van der Waals surface area contributed by atoms with Crippen LogP contribution in [0.15, 0.2) is 24.5 Å². The average molecular weight is 175 g/mol. The molecule has 0 aliphatic heterocycles. The predicted octanol–water partition coefficient (Wildman–Crippen LogP) is 1.40. The lowest BCUT2D eigenvalue weighted by atomic mass is 10.1. The molecule has 1 heterocycles. The molecular formula is C11H13NO. The Bertz CT molecular complexity index is 313. The van der Waals surface area contributed by atoms with Crippen molar-refractivity contribution in [3.8, 4) is 11.8 Å². The van der Waals surface area contributed by atoms with Crippen LogP contribution in [0, 0.1) is 11.8 Å². The smallest absolute Gasteiger partial charge is 0.119 e. The van der Waals surface area contributed by atoms with Crippen molar-refractivity contribution in [2.45, 2.75) is 25.9 Å². The second-order valence-corrected chi connectivity index (χ2v) is 3.40. The maximum absolute atomic E-state index is 9.31. The Morgan fingerprint density at radius 2 is 2.31 bits per heavy atom. The highest BCUT2D eigenvalue weighted by atomic mass is 16.3. The maximum atomic E-state index is 9.31. The fraction of sp³-hybridized carbons (Fsp3) is 0.364. The van der Waals surface area contributed by atoms with Gasteiger partial charge in [0.1, 0.15) is 5.60 Å². The second kappa shape index (κ2) is 4.06. The molecule has 1 rings (SSSR count). The van der Waals surface area contributed by atoms with E-state index in [4.69, 9.17) is 0 Å². The molecule has 0 saturated carbocycles. The van der Waals surface area contributed by atoms with Crippen molar-refractivity contribution in [3.05, 3.63) is 30.1 Å². The molecule has 2 heteroatoms. The first-order valence-electron chi connectivity index (χ1n) is 4.19. The first-order chi connectivity index (χ1) is 6.08. The molecule has 0 aliphatic carbocycles. The minimum atomic E-state index is -0.901. The minimum Gasteiger partial charge on any atom is -0.378 e. The zero-order chi connectivity index (χ0) is 9.73. The van der Waals surface area contributed by atoms with E-state index in [0.717, 1.165) is 5.56 Å². The molecular weight excluding hydrogens is 162 g/mol. The molecule has 0 aliphatic rings. The third-order valence-corrected chi connectivity index (χ3v) is 1.41. The molecule has 0 bridgehead atoms. The number of aromatic nitrogens is 1. The summed E-state index contributed by atoms with van der Waals surface area (Å²) < 4.78 is 0. The van der Waals surface area contributed by atoms with E-state index in [1.165, 1.54) is 0 Å². The lowest BCUT2D eigenvalue weighted by Gasteiger charge is -2.05. The molecule has 0 fully saturated rings. The normalized spacial score (nSPS) is 10.4. The van der Waals surface area contributed by atoms with Gasteiger partial charge in [0.15, 0.2) is 0 Å². The van der Waals surface area contributed by atoms with Crippen LogP contribution < -0.4 is 0 Å². The van der Waals surface area contributed by atoms with Gasteiger partial charge < -0.3 is 5.11 Å². The second-order valence-electron chi connectivity index (χ2n) is 3.40. The Morgan fingerprint density at radius 1 is 1.54 bits per heavy atom. The van der Waals surface area contributed by atoms with Crippen molar-refractivity contribution in [2.75, 3.05) is 0 Å². The number of hydrogen-bond donors (Lipinski definition) is 1. The van der Waals surface area contributed by atoms with Crippen LogP contribution in [-0.2, 0) is 6.42 Å². The molecule has 0 unspecified atom stereocenters. The molecule has 1 aromatic rings. The van der Waals surface area contributed by atoms with Crippen LogP contribution in [0.5, 0.6) is 0 Å². The number of aliphatic hydroxyl groups is 1. The summed E-state index contributed by atoms with van der Waals surface area (Å²) in [7, 11) is 0. The molecule has 0 radical (unpaired) electrons. The first-order valence-corrected chi connectivity index (χ1v) is 4.19. The zero-order valence-electron chi connectivity index (χ0n) is 7.91. The summed E-state index contributed by atoms with van der Waals surface area (Å²) in [6.07, 6.45) is 4.14. The van der Waals surface area contributed by atoms with E-state index >= 15 is 0 Å².